The van der Waals surface area contributed by atoms with E-state index in [0.717, 1.165) is 24.2 Å². The highest BCUT2D eigenvalue weighted by atomic mass is 16.5. The second-order valence-electron chi connectivity index (χ2n) is 6.60. The molecule has 0 bridgehead atoms. The zero-order chi connectivity index (χ0) is 17.6. The molecule has 6 heteroatoms. The molecule has 0 saturated heterocycles. The Morgan fingerprint density at radius 2 is 2.04 bits per heavy atom. The topological polar surface area (TPSA) is 93.0 Å². The van der Waals surface area contributed by atoms with Crippen LogP contribution >= 0.6 is 0 Å². The molecule has 1 amide bonds. The number of hydrogen-bond acceptors (Lipinski definition) is 4. The summed E-state index contributed by atoms with van der Waals surface area (Å²) in [6, 6.07) is 7.56. The van der Waals surface area contributed by atoms with Gasteiger partial charge in [-0.1, -0.05) is 19.3 Å². The predicted molar refractivity (Wildman–Crippen MR) is 97.5 cm³/mol. The summed E-state index contributed by atoms with van der Waals surface area (Å²) in [5.74, 6) is 1.12. The van der Waals surface area contributed by atoms with Crippen molar-refractivity contribution >= 4 is 5.91 Å². The number of carbonyl (C=O) groups is 1. The Morgan fingerprint density at radius 3 is 2.68 bits per heavy atom. The zero-order valence-electron chi connectivity index (χ0n) is 14.6. The van der Waals surface area contributed by atoms with E-state index >= 15 is 0 Å². The quantitative estimate of drug-likeness (QED) is 0.752. The van der Waals surface area contributed by atoms with E-state index in [1.54, 1.807) is 13.3 Å². The van der Waals surface area contributed by atoms with Crippen LogP contribution in [0.2, 0.25) is 0 Å². The summed E-state index contributed by atoms with van der Waals surface area (Å²) < 4.78 is 5.18. The van der Waals surface area contributed by atoms with Gasteiger partial charge in [-0.25, -0.2) is 0 Å². The number of nitrogens with one attached hydrogen (secondary N) is 2. The van der Waals surface area contributed by atoms with Crippen molar-refractivity contribution in [3.05, 3.63) is 36.0 Å². The first kappa shape index (κ1) is 17.5. The van der Waals surface area contributed by atoms with Gasteiger partial charge in [-0.05, 0) is 43.0 Å². The lowest BCUT2D eigenvalue weighted by Gasteiger charge is -2.30. The molecule has 1 fully saturated rings. The van der Waals surface area contributed by atoms with E-state index in [0.29, 0.717) is 23.7 Å². The van der Waals surface area contributed by atoms with Crippen LogP contribution in [0.4, 0.5) is 0 Å². The normalized spacial score (nSPS) is 16.4. The Balaban J connectivity index is 1.74. The first-order valence-corrected chi connectivity index (χ1v) is 8.91. The van der Waals surface area contributed by atoms with Gasteiger partial charge >= 0.3 is 0 Å². The Kier molecular flexibility index (Phi) is 5.71. The number of amides is 1. The van der Waals surface area contributed by atoms with Gasteiger partial charge in [0.05, 0.1) is 24.6 Å². The third-order valence-corrected chi connectivity index (χ3v) is 5.05. The number of ether oxygens (including phenoxy) is 1. The highest BCUT2D eigenvalue weighted by Crippen LogP contribution is 2.27. The number of rotatable bonds is 6. The number of nitrogens with two attached hydrogens (primary N) is 1. The minimum atomic E-state index is -0.124. The summed E-state index contributed by atoms with van der Waals surface area (Å²) in [7, 11) is 1.63. The van der Waals surface area contributed by atoms with Gasteiger partial charge in [0.2, 0.25) is 0 Å². The van der Waals surface area contributed by atoms with Crippen LogP contribution in [-0.2, 0) is 0 Å². The van der Waals surface area contributed by atoms with Crippen molar-refractivity contribution in [1.29, 1.82) is 0 Å². The van der Waals surface area contributed by atoms with Crippen LogP contribution in [0.1, 0.15) is 42.5 Å². The SMILES string of the molecule is COc1ccc(-c2[nH]ncc2C(=O)NC(CN)C2CCCCC2)cc1. The molecule has 1 heterocycles. The van der Waals surface area contributed by atoms with Crippen LogP contribution < -0.4 is 15.8 Å². The number of benzene rings is 1. The zero-order valence-corrected chi connectivity index (χ0v) is 14.6. The third kappa shape index (κ3) is 4.02. The lowest BCUT2D eigenvalue weighted by atomic mass is 9.84. The van der Waals surface area contributed by atoms with Gasteiger partial charge in [0, 0.05) is 18.2 Å². The summed E-state index contributed by atoms with van der Waals surface area (Å²) in [4.78, 5) is 12.8. The summed E-state index contributed by atoms with van der Waals surface area (Å²) in [6.45, 7) is 0.464. The Morgan fingerprint density at radius 1 is 1.32 bits per heavy atom. The fourth-order valence-corrected chi connectivity index (χ4v) is 3.59. The molecular formula is C19H26N4O2. The molecular weight excluding hydrogens is 316 g/mol. The predicted octanol–water partition coefficient (Wildman–Crippen LogP) is 2.72. The summed E-state index contributed by atoms with van der Waals surface area (Å²) in [5.41, 5.74) is 8.08. The summed E-state index contributed by atoms with van der Waals surface area (Å²) >= 11 is 0. The average Bonchev–Trinajstić information content (AvgIpc) is 3.16. The highest BCUT2D eigenvalue weighted by Gasteiger charge is 2.25. The minimum absolute atomic E-state index is 0.0198. The molecule has 1 aliphatic carbocycles. The van der Waals surface area contributed by atoms with Gasteiger partial charge in [-0.15, -0.1) is 0 Å². The van der Waals surface area contributed by atoms with Crippen LogP contribution in [0.5, 0.6) is 5.75 Å². The second-order valence-corrected chi connectivity index (χ2v) is 6.60. The molecule has 25 heavy (non-hydrogen) atoms. The van der Waals surface area contributed by atoms with Crippen molar-refractivity contribution in [2.75, 3.05) is 13.7 Å². The van der Waals surface area contributed by atoms with E-state index in [9.17, 15) is 4.79 Å². The monoisotopic (exact) mass is 342 g/mol. The lowest BCUT2D eigenvalue weighted by molar-refractivity contribution is 0.0916. The first-order chi connectivity index (χ1) is 12.2. The molecule has 1 aromatic heterocycles. The van der Waals surface area contributed by atoms with Gasteiger partial charge < -0.3 is 15.8 Å². The van der Waals surface area contributed by atoms with Crippen LogP contribution in [0.15, 0.2) is 30.5 Å². The number of aromatic amines is 1. The van der Waals surface area contributed by atoms with Crippen molar-refractivity contribution < 1.29 is 9.53 Å². The molecule has 0 spiro atoms. The van der Waals surface area contributed by atoms with Crippen molar-refractivity contribution in [2.45, 2.75) is 38.1 Å². The third-order valence-electron chi connectivity index (χ3n) is 5.05. The van der Waals surface area contributed by atoms with Gasteiger partial charge in [-0.2, -0.15) is 5.10 Å². The van der Waals surface area contributed by atoms with E-state index in [1.807, 2.05) is 24.3 Å². The van der Waals surface area contributed by atoms with Crippen molar-refractivity contribution in [2.24, 2.45) is 11.7 Å². The van der Waals surface area contributed by atoms with Crippen LogP contribution in [0, 0.1) is 5.92 Å². The van der Waals surface area contributed by atoms with Crippen molar-refractivity contribution in [1.82, 2.24) is 15.5 Å². The van der Waals surface area contributed by atoms with Crippen LogP contribution in [0.3, 0.4) is 0 Å². The number of nitrogens with zero attached hydrogens (tertiary/aromatic N) is 1. The molecule has 134 valence electrons. The number of hydrogen-bond donors (Lipinski definition) is 3. The Labute approximate surface area is 148 Å². The standard InChI is InChI=1S/C19H26N4O2/c1-25-15-9-7-14(8-10-15)18-16(12-21-23-18)19(24)22-17(11-20)13-5-3-2-4-6-13/h7-10,12-13,17H,2-6,11,20H2,1H3,(H,21,23)(H,22,24). The largest absolute Gasteiger partial charge is 0.497 e. The fraction of sp³-hybridized carbons (Fsp3) is 0.474. The van der Waals surface area contributed by atoms with E-state index < -0.39 is 0 Å². The number of methoxy groups -OCH3 is 1. The van der Waals surface area contributed by atoms with Gasteiger partial charge in [0.1, 0.15) is 5.75 Å². The van der Waals surface area contributed by atoms with Gasteiger partial charge in [0.15, 0.2) is 0 Å². The average molecular weight is 342 g/mol. The Bertz CT molecular complexity index is 690. The van der Waals surface area contributed by atoms with Crippen LogP contribution in [-0.4, -0.2) is 35.8 Å². The molecule has 3 rings (SSSR count). The molecule has 0 aliphatic heterocycles. The van der Waals surface area contributed by atoms with Crippen molar-refractivity contribution in [3.63, 3.8) is 0 Å². The minimum Gasteiger partial charge on any atom is -0.497 e. The molecule has 1 atom stereocenters. The smallest absolute Gasteiger partial charge is 0.255 e. The summed E-state index contributed by atoms with van der Waals surface area (Å²) in [5, 5.41) is 10.1. The molecule has 2 aromatic rings. The maximum atomic E-state index is 12.8. The summed E-state index contributed by atoms with van der Waals surface area (Å²) in [6.07, 6.45) is 7.58. The molecule has 1 aliphatic rings. The Hall–Kier alpha value is -2.34. The van der Waals surface area contributed by atoms with Crippen LogP contribution in [0.25, 0.3) is 11.3 Å². The first-order valence-electron chi connectivity index (χ1n) is 8.91. The van der Waals surface area contributed by atoms with Crippen molar-refractivity contribution in [3.8, 4) is 17.0 Å². The fourth-order valence-electron chi connectivity index (χ4n) is 3.59. The maximum absolute atomic E-state index is 12.8. The molecule has 1 aromatic carbocycles. The molecule has 1 saturated carbocycles. The van der Waals surface area contributed by atoms with E-state index in [1.165, 1.54) is 19.3 Å². The van der Waals surface area contributed by atoms with Gasteiger partial charge in [-0.3, -0.25) is 9.89 Å². The van der Waals surface area contributed by atoms with E-state index in [2.05, 4.69) is 15.5 Å². The van der Waals surface area contributed by atoms with Gasteiger partial charge in [0.25, 0.3) is 5.91 Å². The molecule has 4 N–H and O–H groups in total. The molecule has 6 nitrogen and oxygen atoms in total. The highest BCUT2D eigenvalue weighted by molar-refractivity contribution is 5.99. The maximum Gasteiger partial charge on any atom is 0.255 e. The van der Waals surface area contributed by atoms with E-state index in [-0.39, 0.29) is 11.9 Å². The number of aromatic nitrogens is 2. The number of H-pyrrole nitrogens is 1. The number of carbonyl (C=O) groups excluding carboxylic acids is 1. The molecule has 0 radical (unpaired) electrons. The second kappa shape index (κ2) is 8.16. The molecule has 1 unspecified atom stereocenters. The lowest BCUT2D eigenvalue weighted by Crippen LogP contribution is -2.45. The van der Waals surface area contributed by atoms with E-state index in [4.69, 9.17) is 10.5 Å².